The van der Waals surface area contributed by atoms with Crippen molar-refractivity contribution in [3.8, 4) is 45.3 Å². The van der Waals surface area contributed by atoms with Crippen LogP contribution in [-0.2, 0) is 13.2 Å². The highest BCUT2D eigenvalue weighted by atomic mass is 16.5. The molecule has 0 atom stereocenters. The first kappa shape index (κ1) is 36.8. The van der Waals surface area contributed by atoms with Crippen LogP contribution in [0.15, 0.2) is 170 Å². The van der Waals surface area contributed by atoms with Crippen molar-refractivity contribution in [1.29, 1.82) is 0 Å². The van der Waals surface area contributed by atoms with Crippen molar-refractivity contribution in [2.75, 3.05) is 26.4 Å². The number of benzene rings is 9. The number of rotatable bonds is 14. The summed E-state index contributed by atoms with van der Waals surface area (Å²) in [6.07, 6.45) is 0. The van der Waals surface area contributed by atoms with Crippen molar-refractivity contribution in [3.63, 3.8) is 0 Å². The van der Waals surface area contributed by atoms with Gasteiger partial charge in [0.05, 0.1) is 13.2 Å². The molecule has 0 unspecified atom stereocenters. The van der Waals surface area contributed by atoms with Crippen LogP contribution >= 0.6 is 0 Å². The first-order valence-electron chi connectivity index (χ1n) is 19.6. The second-order valence-electron chi connectivity index (χ2n) is 14.2. The monoisotopic (exact) mass is 762 g/mol. The molecule has 6 nitrogen and oxygen atoms in total. The van der Waals surface area contributed by atoms with Gasteiger partial charge in [0.25, 0.3) is 0 Å². The number of hydrogen-bond donors (Lipinski definition) is 2. The quantitative estimate of drug-likeness (QED) is 0.115. The topological polar surface area (TPSA) is 77.4 Å². The molecule has 0 saturated heterocycles. The standard InChI is InChI=1S/C52H42O6/c53-28-30-55-45-24-20-37-12-1-5-16-41(37)49(45)51-43-18-7-3-14-39(43)22-26-47(51)57-33-35-10-9-11-36(32-35)34-58-48-27-23-40-15-4-8-19-44(40)52(48)50-42-17-6-2-13-38(42)21-25-46(50)56-31-29-54/h1-27,32,53-54H,28-31,33-34H2. The first-order valence-corrected chi connectivity index (χ1v) is 19.6. The Morgan fingerprint density at radius 1 is 0.310 bits per heavy atom. The molecule has 286 valence electrons. The van der Waals surface area contributed by atoms with E-state index in [4.69, 9.17) is 18.9 Å². The van der Waals surface area contributed by atoms with E-state index in [1.165, 1.54) is 0 Å². The van der Waals surface area contributed by atoms with Crippen molar-refractivity contribution >= 4 is 43.1 Å². The van der Waals surface area contributed by atoms with Crippen LogP contribution in [0.4, 0.5) is 0 Å². The van der Waals surface area contributed by atoms with Gasteiger partial charge in [-0.3, -0.25) is 0 Å². The van der Waals surface area contributed by atoms with Crippen LogP contribution in [0.1, 0.15) is 11.1 Å². The fraction of sp³-hybridized carbons (Fsp3) is 0.115. The summed E-state index contributed by atoms with van der Waals surface area (Å²) in [7, 11) is 0. The molecule has 0 aliphatic carbocycles. The fourth-order valence-corrected chi connectivity index (χ4v) is 7.96. The second kappa shape index (κ2) is 16.7. The van der Waals surface area contributed by atoms with Crippen molar-refractivity contribution in [1.82, 2.24) is 0 Å². The summed E-state index contributed by atoms with van der Waals surface area (Å²) < 4.78 is 25.8. The number of aliphatic hydroxyl groups is 2. The van der Waals surface area contributed by atoms with E-state index in [0.717, 1.165) is 88.0 Å². The maximum Gasteiger partial charge on any atom is 0.128 e. The Kier molecular flexibility index (Phi) is 10.6. The summed E-state index contributed by atoms with van der Waals surface area (Å²) in [5.41, 5.74) is 5.76. The van der Waals surface area contributed by atoms with Crippen molar-refractivity contribution in [2.24, 2.45) is 0 Å². The van der Waals surface area contributed by atoms with Gasteiger partial charge in [0, 0.05) is 22.3 Å². The molecule has 0 bridgehead atoms. The molecular formula is C52H42O6. The van der Waals surface area contributed by atoms with Crippen LogP contribution in [0, 0.1) is 0 Å². The van der Waals surface area contributed by atoms with Crippen LogP contribution in [-0.4, -0.2) is 36.6 Å². The molecule has 2 N–H and O–H groups in total. The Morgan fingerprint density at radius 3 is 0.948 bits per heavy atom. The van der Waals surface area contributed by atoms with Crippen LogP contribution in [0.5, 0.6) is 23.0 Å². The van der Waals surface area contributed by atoms with Crippen LogP contribution in [0.3, 0.4) is 0 Å². The molecular weight excluding hydrogens is 721 g/mol. The molecule has 0 amide bonds. The SMILES string of the molecule is OCCOc1ccc2ccccc2c1-c1c(OCc2cccc(COc3ccc4ccccc4c3-c3c(OCCO)ccc4ccccc34)c2)ccc2ccccc12. The molecule has 0 saturated carbocycles. The van der Waals surface area contributed by atoms with Crippen molar-refractivity contribution in [2.45, 2.75) is 13.2 Å². The Balaban J connectivity index is 1.05. The third-order valence-corrected chi connectivity index (χ3v) is 10.5. The second-order valence-corrected chi connectivity index (χ2v) is 14.2. The molecule has 58 heavy (non-hydrogen) atoms. The molecule has 0 radical (unpaired) electrons. The lowest BCUT2D eigenvalue weighted by molar-refractivity contribution is 0.202. The third kappa shape index (κ3) is 7.27. The number of fused-ring (bicyclic) bond motifs is 4. The van der Waals surface area contributed by atoms with E-state index in [1.54, 1.807) is 0 Å². The summed E-state index contributed by atoms with van der Waals surface area (Å²) in [6, 6.07) is 57.8. The van der Waals surface area contributed by atoms with Gasteiger partial charge < -0.3 is 29.2 Å². The summed E-state index contributed by atoms with van der Waals surface area (Å²) in [6.45, 7) is 0.858. The van der Waals surface area contributed by atoms with E-state index in [1.807, 2.05) is 78.9 Å². The maximum atomic E-state index is 9.68. The molecule has 9 aromatic rings. The molecule has 0 fully saturated rings. The highest BCUT2D eigenvalue weighted by molar-refractivity contribution is 6.11. The minimum absolute atomic E-state index is 0.0867. The minimum atomic E-state index is -0.0867. The van der Waals surface area contributed by atoms with Gasteiger partial charge in [-0.2, -0.15) is 0 Å². The average Bonchev–Trinajstić information content (AvgIpc) is 3.28. The Bertz CT molecular complexity index is 2710. The van der Waals surface area contributed by atoms with Gasteiger partial charge in [0.15, 0.2) is 0 Å². The molecule has 9 aromatic carbocycles. The lowest BCUT2D eigenvalue weighted by Gasteiger charge is -2.20. The predicted octanol–water partition coefficient (Wildman–Crippen LogP) is 11.5. The van der Waals surface area contributed by atoms with Gasteiger partial charge in [-0.15, -0.1) is 0 Å². The van der Waals surface area contributed by atoms with Crippen LogP contribution in [0.2, 0.25) is 0 Å². The summed E-state index contributed by atoms with van der Waals surface area (Å²) in [5.74, 6) is 2.86. The largest absolute Gasteiger partial charge is 0.491 e. The molecule has 0 aromatic heterocycles. The zero-order valence-corrected chi connectivity index (χ0v) is 31.9. The number of aliphatic hydroxyl groups excluding tert-OH is 2. The van der Waals surface area contributed by atoms with Gasteiger partial charge in [0.2, 0.25) is 0 Å². The Hall–Kier alpha value is -6.86. The van der Waals surface area contributed by atoms with Gasteiger partial charge in [-0.1, -0.05) is 140 Å². The maximum absolute atomic E-state index is 9.68. The van der Waals surface area contributed by atoms with E-state index in [-0.39, 0.29) is 26.4 Å². The molecule has 6 heteroatoms. The van der Waals surface area contributed by atoms with Crippen LogP contribution < -0.4 is 18.9 Å². The molecule has 0 aliphatic heterocycles. The minimum Gasteiger partial charge on any atom is -0.491 e. The van der Waals surface area contributed by atoms with E-state index in [2.05, 4.69) is 91.0 Å². The van der Waals surface area contributed by atoms with E-state index in [9.17, 15) is 10.2 Å². The van der Waals surface area contributed by atoms with E-state index in [0.29, 0.717) is 24.7 Å². The van der Waals surface area contributed by atoms with Gasteiger partial charge in [-0.05, 0) is 84.5 Å². The lowest BCUT2D eigenvalue weighted by Crippen LogP contribution is -2.05. The molecule has 0 heterocycles. The van der Waals surface area contributed by atoms with Gasteiger partial charge in [-0.25, -0.2) is 0 Å². The zero-order valence-electron chi connectivity index (χ0n) is 31.9. The average molecular weight is 763 g/mol. The molecule has 9 rings (SSSR count). The summed E-state index contributed by atoms with van der Waals surface area (Å²) >= 11 is 0. The molecule has 0 aliphatic rings. The van der Waals surface area contributed by atoms with E-state index < -0.39 is 0 Å². The van der Waals surface area contributed by atoms with E-state index >= 15 is 0 Å². The lowest BCUT2D eigenvalue weighted by atomic mass is 9.92. The van der Waals surface area contributed by atoms with Crippen molar-refractivity contribution < 1.29 is 29.2 Å². The smallest absolute Gasteiger partial charge is 0.128 e. The van der Waals surface area contributed by atoms with Crippen LogP contribution in [0.25, 0.3) is 65.3 Å². The number of hydrogen-bond acceptors (Lipinski definition) is 6. The fourth-order valence-electron chi connectivity index (χ4n) is 7.96. The normalized spacial score (nSPS) is 11.3. The zero-order chi connectivity index (χ0) is 39.3. The Morgan fingerprint density at radius 2 is 0.621 bits per heavy atom. The first-order chi connectivity index (χ1) is 28.7. The highest BCUT2D eigenvalue weighted by Crippen LogP contribution is 2.47. The van der Waals surface area contributed by atoms with Gasteiger partial charge in [0.1, 0.15) is 49.4 Å². The highest BCUT2D eigenvalue weighted by Gasteiger charge is 2.21. The Labute approximate surface area is 337 Å². The summed E-state index contributed by atoms with van der Waals surface area (Å²) in [5, 5.41) is 27.9. The predicted molar refractivity (Wildman–Crippen MR) is 234 cm³/mol. The summed E-state index contributed by atoms with van der Waals surface area (Å²) in [4.78, 5) is 0. The van der Waals surface area contributed by atoms with Gasteiger partial charge >= 0.3 is 0 Å². The number of ether oxygens (including phenoxy) is 4. The third-order valence-electron chi connectivity index (χ3n) is 10.5. The molecule has 0 spiro atoms. The van der Waals surface area contributed by atoms with Crippen molar-refractivity contribution in [3.05, 3.63) is 181 Å².